The first-order valence-corrected chi connectivity index (χ1v) is 11.8. The van der Waals surface area contributed by atoms with Crippen molar-refractivity contribution in [3.05, 3.63) is 107 Å². The molecule has 0 amide bonds. The van der Waals surface area contributed by atoms with Crippen LogP contribution >= 0.6 is 0 Å². The van der Waals surface area contributed by atoms with Crippen LogP contribution in [0.2, 0.25) is 0 Å². The Kier molecular flexibility index (Phi) is 7.84. The molecule has 2 unspecified atom stereocenters. The third-order valence-corrected chi connectivity index (χ3v) is 6.28. The number of carbonyl (C=O) groups excluding carboxylic acids is 2. The summed E-state index contributed by atoms with van der Waals surface area (Å²) in [6.45, 7) is 5.39. The molecule has 1 fully saturated rings. The van der Waals surface area contributed by atoms with Gasteiger partial charge in [0.05, 0.1) is 17.7 Å². The third-order valence-electron chi connectivity index (χ3n) is 6.28. The molecule has 1 aliphatic heterocycles. The highest BCUT2D eigenvalue weighted by atomic mass is 16.7. The average Bonchev–Trinajstić information content (AvgIpc) is 3.12. The maximum Gasteiger partial charge on any atom is 0.338 e. The molecule has 0 saturated carbocycles. The summed E-state index contributed by atoms with van der Waals surface area (Å²) in [4.78, 5) is 25.6. The van der Waals surface area contributed by atoms with Gasteiger partial charge in [-0.05, 0) is 50.6 Å². The molecule has 0 spiro atoms. The highest BCUT2D eigenvalue weighted by Gasteiger charge is 2.57. The van der Waals surface area contributed by atoms with Gasteiger partial charge in [-0.3, -0.25) is 0 Å². The minimum absolute atomic E-state index is 0.159. The van der Waals surface area contributed by atoms with Crippen molar-refractivity contribution < 1.29 is 33.6 Å². The van der Waals surface area contributed by atoms with Gasteiger partial charge < -0.3 is 24.1 Å². The van der Waals surface area contributed by atoms with Gasteiger partial charge in [0.1, 0.15) is 12.7 Å². The van der Waals surface area contributed by atoms with Crippen molar-refractivity contribution in [1.29, 1.82) is 0 Å². The number of carbonyl (C=O) groups is 2. The Morgan fingerprint density at radius 1 is 0.861 bits per heavy atom. The zero-order chi connectivity index (χ0) is 25.7. The molecule has 1 aliphatic rings. The third kappa shape index (κ3) is 5.82. The van der Waals surface area contributed by atoms with Gasteiger partial charge in [-0.2, -0.15) is 0 Å². The number of aliphatic hydroxyl groups is 1. The molecule has 0 radical (unpaired) electrons. The van der Waals surface area contributed by atoms with Crippen LogP contribution < -0.4 is 0 Å². The summed E-state index contributed by atoms with van der Waals surface area (Å²) >= 11 is 0. The quantitative estimate of drug-likeness (QED) is 0.469. The summed E-state index contributed by atoms with van der Waals surface area (Å²) in [6, 6.07) is 23.3. The molecule has 36 heavy (non-hydrogen) atoms. The fourth-order valence-corrected chi connectivity index (χ4v) is 3.97. The lowest BCUT2D eigenvalue weighted by molar-refractivity contribution is -0.198. The van der Waals surface area contributed by atoms with Gasteiger partial charge in [0.25, 0.3) is 0 Å². The highest BCUT2D eigenvalue weighted by molar-refractivity contribution is 5.90. The van der Waals surface area contributed by atoms with Crippen LogP contribution in [0.5, 0.6) is 0 Å². The van der Waals surface area contributed by atoms with Crippen LogP contribution in [0.25, 0.3) is 0 Å². The number of hydrogen-bond acceptors (Lipinski definition) is 7. The van der Waals surface area contributed by atoms with E-state index >= 15 is 0 Å². The molecule has 0 bridgehead atoms. The molecule has 1 saturated heterocycles. The van der Waals surface area contributed by atoms with Crippen LogP contribution in [0, 0.1) is 13.8 Å². The fraction of sp³-hybridized carbons (Fsp3) is 0.310. The molecule has 4 rings (SSSR count). The Balaban J connectivity index is 1.53. The number of benzene rings is 3. The smallest absolute Gasteiger partial charge is 0.338 e. The average molecular weight is 491 g/mol. The topological polar surface area (TPSA) is 91.3 Å². The van der Waals surface area contributed by atoms with E-state index in [1.807, 2.05) is 68.4 Å². The van der Waals surface area contributed by atoms with Crippen molar-refractivity contribution >= 4 is 11.9 Å². The Bertz CT molecular complexity index is 1170. The summed E-state index contributed by atoms with van der Waals surface area (Å²) in [6.07, 6.45) is -3.40. The lowest BCUT2D eigenvalue weighted by atomic mass is 9.96. The fourth-order valence-electron chi connectivity index (χ4n) is 3.97. The molecular weight excluding hydrogens is 460 g/mol. The predicted octanol–water partition coefficient (Wildman–Crippen LogP) is 4.38. The lowest BCUT2D eigenvalue weighted by Crippen LogP contribution is -2.50. The predicted molar refractivity (Wildman–Crippen MR) is 132 cm³/mol. The number of aryl methyl sites for hydroxylation is 2. The van der Waals surface area contributed by atoms with Gasteiger partial charge in [0, 0.05) is 0 Å². The Morgan fingerprint density at radius 2 is 1.42 bits per heavy atom. The number of hydrogen-bond donors (Lipinski definition) is 1. The van der Waals surface area contributed by atoms with Crippen molar-refractivity contribution in [2.24, 2.45) is 0 Å². The van der Waals surface area contributed by atoms with Crippen LogP contribution in [0.4, 0.5) is 0 Å². The van der Waals surface area contributed by atoms with E-state index in [1.54, 1.807) is 31.2 Å². The van der Waals surface area contributed by atoms with Gasteiger partial charge in [-0.1, -0.05) is 65.7 Å². The van der Waals surface area contributed by atoms with Crippen LogP contribution in [0.15, 0.2) is 78.9 Å². The zero-order valence-corrected chi connectivity index (χ0v) is 20.5. The molecule has 3 aromatic rings. The molecule has 1 N–H and O–H groups in total. The second-order valence-electron chi connectivity index (χ2n) is 9.14. The van der Waals surface area contributed by atoms with Crippen molar-refractivity contribution in [2.45, 2.75) is 51.5 Å². The largest absolute Gasteiger partial charge is 0.459 e. The number of aliphatic hydroxyl groups excluding tert-OH is 1. The molecule has 1 heterocycles. The van der Waals surface area contributed by atoms with Crippen molar-refractivity contribution in [2.75, 3.05) is 6.61 Å². The van der Waals surface area contributed by atoms with Gasteiger partial charge >= 0.3 is 11.9 Å². The summed E-state index contributed by atoms with van der Waals surface area (Å²) in [7, 11) is 0. The molecule has 3 aromatic carbocycles. The first-order valence-electron chi connectivity index (χ1n) is 11.8. The first-order chi connectivity index (χ1) is 17.3. The maximum absolute atomic E-state index is 13.0. The van der Waals surface area contributed by atoms with Gasteiger partial charge in [-0.15, -0.1) is 0 Å². The number of esters is 2. The van der Waals surface area contributed by atoms with Gasteiger partial charge in [0.2, 0.25) is 0 Å². The van der Waals surface area contributed by atoms with Crippen LogP contribution in [-0.2, 0) is 25.6 Å². The Labute approximate surface area is 210 Å². The zero-order valence-electron chi connectivity index (χ0n) is 20.5. The molecule has 7 nitrogen and oxygen atoms in total. The van der Waals surface area contributed by atoms with Crippen molar-refractivity contribution in [3.63, 3.8) is 0 Å². The normalized spacial score (nSPS) is 23.3. The van der Waals surface area contributed by atoms with E-state index in [9.17, 15) is 14.7 Å². The SMILES string of the molecule is Cc1ccc(C(=O)OCC2OC(O)[C@](C)(OCc3ccccc3)[C@@H]2OC(=O)c2ccc(C)cc2)cc1. The second kappa shape index (κ2) is 11.0. The minimum Gasteiger partial charge on any atom is -0.459 e. The van der Waals surface area contributed by atoms with E-state index in [2.05, 4.69) is 0 Å². The van der Waals surface area contributed by atoms with Crippen molar-refractivity contribution in [1.82, 2.24) is 0 Å². The second-order valence-corrected chi connectivity index (χ2v) is 9.14. The van der Waals surface area contributed by atoms with Crippen LogP contribution in [0.3, 0.4) is 0 Å². The van der Waals surface area contributed by atoms with E-state index in [0.29, 0.717) is 11.1 Å². The molecule has 188 valence electrons. The molecule has 7 heteroatoms. The lowest BCUT2D eigenvalue weighted by Gasteiger charge is -2.33. The van der Waals surface area contributed by atoms with E-state index in [0.717, 1.165) is 16.7 Å². The van der Waals surface area contributed by atoms with Gasteiger partial charge in [0.15, 0.2) is 18.0 Å². The van der Waals surface area contributed by atoms with E-state index in [4.69, 9.17) is 18.9 Å². The number of ether oxygens (including phenoxy) is 4. The van der Waals surface area contributed by atoms with Crippen LogP contribution in [0.1, 0.15) is 44.3 Å². The molecule has 0 aliphatic carbocycles. The monoisotopic (exact) mass is 490 g/mol. The molecular formula is C29H30O7. The summed E-state index contributed by atoms with van der Waals surface area (Å²) in [5.74, 6) is -1.14. The van der Waals surface area contributed by atoms with E-state index in [-0.39, 0.29) is 13.2 Å². The van der Waals surface area contributed by atoms with Crippen molar-refractivity contribution in [3.8, 4) is 0 Å². The Morgan fingerprint density at radius 3 is 2.00 bits per heavy atom. The Hall–Kier alpha value is -3.52. The van der Waals surface area contributed by atoms with Gasteiger partial charge in [-0.25, -0.2) is 9.59 Å². The van der Waals surface area contributed by atoms with Crippen LogP contribution in [-0.4, -0.2) is 47.8 Å². The molecule has 0 aromatic heterocycles. The van der Waals surface area contributed by atoms with E-state index < -0.39 is 36.0 Å². The first kappa shape index (κ1) is 25.6. The standard InChI is InChI=1S/C29H30O7/c1-19-9-13-22(14-10-19)26(30)33-18-24-25(36-27(31)23-15-11-20(2)12-16-23)29(3,28(32)35-24)34-17-21-7-5-4-6-8-21/h4-16,24-25,28,32H,17-18H2,1-3H3/t24?,25-,28?,29-/m1/s1. The number of rotatable bonds is 8. The van der Waals surface area contributed by atoms with E-state index in [1.165, 1.54) is 0 Å². The maximum atomic E-state index is 13.0. The highest BCUT2D eigenvalue weighted by Crippen LogP contribution is 2.37. The summed E-state index contributed by atoms with van der Waals surface area (Å²) in [5.41, 5.74) is 2.23. The minimum atomic E-state index is -1.42. The summed E-state index contributed by atoms with van der Waals surface area (Å²) in [5, 5.41) is 10.8. The summed E-state index contributed by atoms with van der Waals surface area (Å²) < 4.78 is 23.1. The molecule has 4 atom stereocenters.